The fourth-order valence-electron chi connectivity index (χ4n) is 2.52. The highest BCUT2D eigenvalue weighted by molar-refractivity contribution is 4.72. The zero-order chi connectivity index (χ0) is 14.1. The highest BCUT2D eigenvalue weighted by Gasteiger charge is 2.20. The molecule has 1 aliphatic carbocycles. The van der Waals surface area contributed by atoms with E-state index in [0.29, 0.717) is 0 Å². The Morgan fingerprint density at radius 1 is 1.21 bits per heavy atom. The number of nitrogens with two attached hydrogens (primary N) is 1. The van der Waals surface area contributed by atoms with E-state index in [4.69, 9.17) is 10.5 Å². The van der Waals surface area contributed by atoms with Crippen LogP contribution in [0.1, 0.15) is 46.0 Å². The third kappa shape index (κ3) is 8.61. The average molecular weight is 270 g/mol. The van der Waals surface area contributed by atoms with E-state index in [-0.39, 0.29) is 0 Å². The summed E-state index contributed by atoms with van der Waals surface area (Å²) in [5.41, 5.74) is 5.68. The van der Waals surface area contributed by atoms with Gasteiger partial charge in [-0.25, -0.2) is 0 Å². The van der Waals surface area contributed by atoms with E-state index < -0.39 is 0 Å². The van der Waals surface area contributed by atoms with Crippen LogP contribution in [-0.2, 0) is 4.74 Å². The predicted octanol–water partition coefficient (Wildman–Crippen LogP) is 2.75. The number of ether oxygens (including phenoxy) is 1. The Balaban J connectivity index is 1.96. The first-order chi connectivity index (χ1) is 9.13. The van der Waals surface area contributed by atoms with Gasteiger partial charge in [0.2, 0.25) is 0 Å². The third-order valence-corrected chi connectivity index (χ3v) is 4.26. The van der Waals surface area contributed by atoms with Gasteiger partial charge in [-0.1, -0.05) is 13.8 Å². The molecule has 0 heterocycles. The van der Waals surface area contributed by atoms with Crippen LogP contribution in [0.2, 0.25) is 0 Å². The molecule has 1 aliphatic rings. The van der Waals surface area contributed by atoms with Gasteiger partial charge in [-0.15, -0.1) is 0 Å². The van der Waals surface area contributed by atoms with Gasteiger partial charge in [0.1, 0.15) is 0 Å². The second-order valence-corrected chi connectivity index (χ2v) is 6.55. The van der Waals surface area contributed by atoms with Crippen molar-refractivity contribution in [2.24, 2.45) is 23.5 Å². The van der Waals surface area contributed by atoms with Gasteiger partial charge in [0.25, 0.3) is 0 Å². The zero-order valence-corrected chi connectivity index (χ0v) is 13.2. The molecule has 1 unspecified atom stereocenters. The maximum absolute atomic E-state index is 5.68. The second kappa shape index (κ2) is 9.73. The molecule has 1 saturated carbocycles. The summed E-state index contributed by atoms with van der Waals surface area (Å²) in [4.78, 5) is 2.40. The van der Waals surface area contributed by atoms with Crippen molar-refractivity contribution in [1.29, 1.82) is 0 Å². The van der Waals surface area contributed by atoms with Gasteiger partial charge in [0.05, 0.1) is 6.61 Å². The van der Waals surface area contributed by atoms with E-state index in [1.807, 2.05) is 0 Å². The first-order valence-corrected chi connectivity index (χ1v) is 8.09. The molecule has 0 spiro atoms. The van der Waals surface area contributed by atoms with E-state index in [9.17, 15) is 0 Å². The average Bonchev–Trinajstić information content (AvgIpc) is 3.17. The van der Waals surface area contributed by atoms with E-state index in [2.05, 4.69) is 25.8 Å². The molecule has 0 aromatic carbocycles. The fourth-order valence-corrected chi connectivity index (χ4v) is 2.52. The monoisotopic (exact) mass is 270 g/mol. The molecule has 114 valence electrons. The molecule has 0 aliphatic heterocycles. The van der Waals surface area contributed by atoms with Gasteiger partial charge in [0.15, 0.2) is 0 Å². The quantitative estimate of drug-likeness (QED) is 0.554. The molecule has 0 bridgehead atoms. The van der Waals surface area contributed by atoms with Gasteiger partial charge in [-0.05, 0) is 70.0 Å². The zero-order valence-electron chi connectivity index (χ0n) is 13.2. The van der Waals surface area contributed by atoms with E-state index in [0.717, 1.165) is 44.1 Å². The lowest BCUT2D eigenvalue weighted by atomic mass is 9.88. The Labute approximate surface area is 119 Å². The maximum atomic E-state index is 5.68. The summed E-state index contributed by atoms with van der Waals surface area (Å²) in [6, 6.07) is 0. The van der Waals surface area contributed by atoms with Crippen molar-refractivity contribution in [3.05, 3.63) is 0 Å². The Morgan fingerprint density at radius 3 is 2.53 bits per heavy atom. The molecular formula is C16H34N2O. The summed E-state index contributed by atoms with van der Waals surface area (Å²) >= 11 is 0. The summed E-state index contributed by atoms with van der Waals surface area (Å²) < 4.78 is 5.67. The molecule has 0 amide bonds. The first-order valence-electron chi connectivity index (χ1n) is 8.09. The molecule has 1 fully saturated rings. The molecule has 3 heteroatoms. The minimum absolute atomic E-state index is 0.760. The van der Waals surface area contributed by atoms with Crippen LogP contribution in [0.5, 0.6) is 0 Å². The molecule has 19 heavy (non-hydrogen) atoms. The number of likely N-dealkylation sites (N-methyl/N-ethyl adjacent to an activating group) is 1. The molecule has 1 atom stereocenters. The SMILES string of the molecule is CC(C)C(CCN)CCCN(C)CCOCC1CC1. The van der Waals surface area contributed by atoms with Crippen molar-refractivity contribution in [3.8, 4) is 0 Å². The summed E-state index contributed by atoms with van der Waals surface area (Å²) in [6.07, 6.45) is 6.52. The molecule has 2 N–H and O–H groups in total. The van der Waals surface area contributed by atoms with Crippen molar-refractivity contribution in [2.75, 3.05) is 39.9 Å². The minimum Gasteiger partial charge on any atom is -0.380 e. The topological polar surface area (TPSA) is 38.5 Å². The molecule has 0 radical (unpaired) electrons. The van der Waals surface area contributed by atoms with Crippen LogP contribution >= 0.6 is 0 Å². The lowest BCUT2D eigenvalue weighted by Gasteiger charge is -2.22. The summed E-state index contributed by atoms with van der Waals surface area (Å²) in [7, 11) is 2.20. The fraction of sp³-hybridized carbons (Fsp3) is 1.00. The van der Waals surface area contributed by atoms with Crippen molar-refractivity contribution in [1.82, 2.24) is 4.90 Å². The van der Waals surface area contributed by atoms with Gasteiger partial charge >= 0.3 is 0 Å². The standard InChI is InChI=1S/C16H34N2O/c1-14(2)16(8-9-17)5-4-10-18(3)11-12-19-13-15-6-7-15/h14-16H,4-13,17H2,1-3H3. The molecule has 0 saturated heterocycles. The van der Waals surface area contributed by atoms with Gasteiger partial charge in [-0.3, -0.25) is 0 Å². The van der Waals surface area contributed by atoms with E-state index in [1.54, 1.807) is 0 Å². The lowest BCUT2D eigenvalue weighted by molar-refractivity contribution is 0.102. The van der Waals surface area contributed by atoms with E-state index in [1.165, 1.54) is 38.6 Å². The molecule has 0 aromatic rings. The normalized spacial score (nSPS) is 17.4. The summed E-state index contributed by atoms with van der Waals surface area (Å²) in [6.45, 7) is 9.58. The van der Waals surface area contributed by atoms with Gasteiger partial charge < -0.3 is 15.4 Å². The first kappa shape index (κ1) is 16.9. The Kier molecular flexibility index (Phi) is 8.67. The van der Waals surface area contributed by atoms with Crippen molar-refractivity contribution < 1.29 is 4.74 Å². The number of rotatable bonds is 12. The van der Waals surface area contributed by atoms with Crippen LogP contribution in [0.4, 0.5) is 0 Å². The van der Waals surface area contributed by atoms with Gasteiger partial charge in [0, 0.05) is 13.2 Å². The Hall–Kier alpha value is -0.120. The van der Waals surface area contributed by atoms with Crippen molar-refractivity contribution in [3.63, 3.8) is 0 Å². The number of hydrogen-bond donors (Lipinski definition) is 1. The van der Waals surface area contributed by atoms with Crippen LogP contribution in [0, 0.1) is 17.8 Å². The Morgan fingerprint density at radius 2 is 1.95 bits per heavy atom. The predicted molar refractivity (Wildman–Crippen MR) is 82.3 cm³/mol. The van der Waals surface area contributed by atoms with E-state index >= 15 is 0 Å². The summed E-state index contributed by atoms with van der Waals surface area (Å²) in [5, 5.41) is 0. The highest BCUT2D eigenvalue weighted by Crippen LogP contribution is 2.28. The van der Waals surface area contributed by atoms with Crippen molar-refractivity contribution >= 4 is 0 Å². The molecule has 0 aromatic heterocycles. The number of nitrogens with zero attached hydrogens (tertiary/aromatic N) is 1. The van der Waals surface area contributed by atoms with Crippen molar-refractivity contribution in [2.45, 2.75) is 46.0 Å². The largest absolute Gasteiger partial charge is 0.380 e. The van der Waals surface area contributed by atoms with Crippen LogP contribution in [-0.4, -0.2) is 44.8 Å². The molecule has 1 rings (SSSR count). The minimum atomic E-state index is 0.760. The number of hydrogen-bond acceptors (Lipinski definition) is 3. The van der Waals surface area contributed by atoms with Crippen LogP contribution < -0.4 is 5.73 Å². The third-order valence-electron chi connectivity index (χ3n) is 4.26. The smallest absolute Gasteiger partial charge is 0.0593 e. The highest BCUT2D eigenvalue weighted by atomic mass is 16.5. The van der Waals surface area contributed by atoms with Crippen LogP contribution in [0.3, 0.4) is 0 Å². The van der Waals surface area contributed by atoms with Crippen LogP contribution in [0.25, 0.3) is 0 Å². The molecule has 3 nitrogen and oxygen atoms in total. The maximum Gasteiger partial charge on any atom is 0.0593 e. The van der Waals surface area contributed by atoms with Gasteiger partial charge in [-0.2, -0.15) is 0 Å². The lowest BCUT2D eigenvalue weighted by Crippen LogP contribution is -2.25. The van der Waals surface area contributed by atoms with Crippen LogP contribution in [0.15, 0.2) is 0 Å². The second-order valence-electron chi connectivity index (χ2n) is 6.55. The Bertz CT molecular complexity index is 217. The summed E-state index contributed by atoms with van der Waals surface area (Å²) in [5.74, 6) is 2.44. The molecular weight excluding hydrogens is 236 g/mol.